The van der Waals surface area contributed by atoms with Crippen LogP contribution in [0.1, 0.15) is 6.92 Å². The van der Waals surface area contributed by atoms with E-state index in [1.807, 2.05) is 19.1 Å². The number of benzene rings is 1. The minimum atomic E-state index is -0.0661. The smallest absolute Gasteiger partial charge is 0.105 e. The fourth-order valence-electron chi connectivity index (χ4n) is 1.10. The molecule has 1 unspecified atom stereocenters. The van der Waals surface area contributed by atoms with E-state index in [4.69, 9.17) is 5.26 Å². The third kappa shape index (κ3) is 4.70. The Bertz CT molecular complexity index is 331. The van der Waals surface area contributed by atoms with E-state index in [2.05, 4.69) is 39.4 Å². The lowest BCUT2D eigenvalue weighted by Gasteiger charge is -2.08. The highest BCUT2D eigenvalue weighted by molar-refractivity contribution is 9.10. The van der Waals surface area contributed by atoms with Gasteiger partial charge in [-0.3, -0.25) is 0 Å². The zero-order valence-electron chi connectivity index (χ0n) is 8.53. The Balaban J connectivity index is 2.42. The number of nitrogens with zero attached hydrogens (tertiary/aromatic N) is 1. The predicted molar refractivity (Wildman–Crippen MR) is 67.9 cm³/mol. The van der Waals surface area contributed by atoms with Gasteiger partial charge in [0.1, 0.15) is 6.04 Å². The lowest BCUT2D eigenvalue weighted by molar-refractivity contribution is 0.677. The van der Waals surface area contributed by atoms with Crippen molar-refractivity contribution in [3.05, 3.63) is 28.7 Å². The van der Waals surface area contributed by atoms with Crippen molar-refractivity contribution in [3.63, 3.8) is 0 Å². The molecule has 4 heteroatoms. The molecule has 0 saturated carbocycles. The van der Waals surface area contributed by atoms with Crippen molar-refractivity contribution in [2.75, 3.05) is 12.3 Å². The first kappa shape index (κ1) is 12.6. The average molecular weight is 285 g/mol. The van der Waals surface area contributed by atoms with Gasteiger partial charge in [-0.25, -0.2) is 0 Å². The molecule has 0 spiro atoms. The summed E-state index contributed by atoms with van der Waals surface area (Å²) in [5, 5.41) is 12.0. The zero-order chi connectivity index (χ0) is 11.1. The molecule has 2 nitrogen and oxygen atoms in total. The molecule has 0 bridgehead atoms. The fourth-order valence-corrected chi connectivity index (χ4v) is 2.24. The van der Waals surface area contributed by atoms with Crippen LogP contribution in [-0.4, -0.2) is 18.3 Å². The second-order valence-corrected chi connectivity index (χ2v) is 5.01. The topological polar surface area (TPSA) is 35.8 Å². The molecule has 1 aromatic rings. The second kappa shape index (κ2) is 6.89. The molecule has 80 valence electrons. The van der Waals surface area contributed by atoms with Gasteiger partial charge in [-0.15, -0.1) is 11.8 Å². The maximum absolute atomic E-state index is 8.85. The van der Waals surface area contributed by atoms with E-state index in [9.17, 15) is 0 Å². The van der Waals surface area contributed by atoms with Gasteiger partial charge in [-0.1, -0.05) is 22.9 Å². The van der Waals surface area contributed by atoms with Gasteiger partial charge in [-0.2, -0.15) is 5.26 Å². The van der Waals surface area contributed by atoms with Crippen molar-refractivity contribution < 1.29 is 0 Å². The Morgan fingerprint density at radius 2 is 2.13 bits per heavy atom. The minimum Gasteiger partial charge on any atom is -0.302 e. The lowest BCUT2D eigenvalue weighted by Crippen LogP contribution is -2.29. The van der Waals surface area contributed by atoms with Gasteiger partial charge in [0.25, 0.3) is 0 Å². The Morgan fingerprint density at radius 1 is 1.47 bits per heavy atom. The Morgan fingerprint density at radius 3 is 2.67 bits per heavy atom. The number of thioether (sulfide) groups is 1. The standard InChI is InChI=1S/C11H13BrN2S/c1-2-14-10(7-13)8-15-11-5-3-9(12)4-6-11/h3-6,10,14H,2,8H2,1H3. The van der Waals surface area contributed by atoms with E-state index in [1.54, 1.807) is 11.8 Å². The van der Waals surface area contributed by atoms with Crippen LogP contribution in [0, 0.1) is 11.3 Å². The molecule has 0 radical (unpaired) electrons. The number of nitrogens with one attached hydrogen (secondary N) is 1. The summed E-state index contributed by atoms with van der Waals surface area (Å²) in [6.07, 6.45) is 0. The van der Waals surface area contributed by atoms with Gasteiger partial charge < -0.3 is 5.32 Å². The maximum atomic E-state index is 8.85. The zero-order valence-corrected chi connectivity index (χ0v) is 10.9. The molecule has 0 aliphatic carbocycles. The van der Waals surface area contributed by atoms with Gasteiger partial charge >= 0.3 is 0 Å². The summed E-state index contributed by atoms with van der Waals surface area (Å²) in [4.78, 5) is 1.19. The summed E-state index contributed by atoms with van der Waals surface area (Å²) < 4.78 is 1.08. The van der Waals surface area contributed by atoms with E-state index < -0.39 is 0 Å². The molecule has 1 atom stereocenters. The van der Waals surface area contributed by atoms with E-state index >= 15 is 0 Å². The van der Waals surface area contributed by atoms with Crippen molar-refractivity contribution in [2.45, 2.75) is 17.9 Å². The number of nitriles is 1. The Labute approximate surface area is 103 Å². The van der Waals surface area contributed by atoms with E-state index in [0.29, 0.717) is 0 Å². The largest absolute Gasteiger partial charge is 0.302 e. The van der Waals surface area contributed by atoms with E-state index in [-0.39, 0.29) is 6.04 Å². The molecule has 15 heavy (non-hydrogen) atoms. The van der Waals surface area contributed by atoms with Crippen LogP contribution in [-0.2, 0) is 0 Å². The first-order valence-corrected chi connectivity index (χ1v) is 6.55. The summed E-state index contributed by atoms with van der Waals surface area (Å²) >= 11 is 5.09. The predicted octanol–water partition coefficient (Wildman–Crippen LogP) is 3.04. The third-order valence-corrected chi connectivity index (χ3v) is 3.47. The van der Waals surface area contributed by atoms with Crippen molar-refractivity contribution in [1.82, 2.24) is 5.32 Å². The molecule has 0 saturated heterocycles. The van der Waals surface area contributed by atoms with Crippen LogP contribution < -0.4 is 5.32 Å². The molecule has 0 aliphatic rings. The second-order valence-electron chi connectivity index (χ2n) is 3.00. The van der Waals surface area contributed by atoms with Crippen molar-refractivity contribution >= 4 is 27.7 Å². The normalized spacial score (nSPS) is 12.1. The van der Waals surface area contributed by atoms with Crippen molar-refractivity contribution in [3.8, 4) is 6.07 Å². The first-order chi connectivity index (χ1) is 7.26. The average Bonchev–Trinajstić information content (AvgIpc) is 2.26. The quantitative estimate of drug-likeness (QED) is 0.845. The van der Waals surface area contributed by atoms with Crippen molar-refractivity contribution in [1.29, 1.82) is 5.26 Å². The third-order valence-electron chi connectivity index (χ3n) is 1.84. The minimum absolute atomic E-state index is 0.0661. The summed E-state index contributed by atoms with van der Waals surface area (Å²) in [6, 6.07) is 10.3. The van der Waals surface area contributed by atoms with Gasteiger partial charge in [-0.05, 0) is 30.8 Å². The number of hydrogen-bond donors (Lipinski definition) is 1. The molecule has 0 heterocycles. The molecular weight excluding hydrogens is 272 g/mol. The maximum Gasteiger partial charge on any atom is 0.105 e. The molecule has 0 fully saturated rings. The van der Waals surface area contributed by atoms with Crippen molar-refractivity contribution in [2.24, 2.45) is 0 Å². The van der Waals surface area contributed by atoms with Crippen LogP contribution >= 0.6 is 27.7 Å². The molecule has 0 aliphatic heterocycles. The van der Waals surface area contributed by atoms with Crippen LogP contribution in [0.2, 0.25) is 0 Å². The molecule has 1 aromatic carbocycles. The monoisotopic (exact) mass is 284 g/mol. The summed E-state index contributed by atoms with van der Waals surface area (Å²) in [5.41, 5.74) is 0. The summed E-state index contributed by atoms with van der Waals surface area (Å²) in [6.45, 7) is 2.84. The van der Waals surface area contributed by atoms with Crippen LogP contribution in [0.15, 0.2) is 33.6 Å². The number of rotatable bonds is 5. The molecule has 1 N–H and O–H groups in total. The van der Waals surface area contributed by atoms with Crippen LogP contribution in [0.3, 0.4) is 0 Å². The summed E-state index contributed by atoms with van der Waals surface area (Å²) in [5.74, 6) is 0.784. The van der Waals surface area contributed by atoms with Crippen LogP contribution in [0.25, 0.3) is 0 Å². The fraction of sp³-hybridized carbons (Fsp3) is 0.364. The van der Waals surface area contributed by atoms with Crippen LogP contribution in [0.4, 0.5) is 0 Å². The van der Waals surface area contributed by atoms with Gasteiger partial charge in [0.15, 0.2) is 0 Å². The highest BCUT2D eigenvalue weighted by Crippen LogP contribution is 2.21. The van der Waals surface area contributed by atoms with Gasteiger partial charge in [0.05, 0.1) is 6.07 Å². The molecular formula is C11H13BrN2S. The van der Waals surface area contributed by atoms with Gasteiger partial charge in [0, 0.05) is 15.1 Å². The highest BCUT2D eigenvalue weighted by Gasteiger charge is 2.05. The van der Waals surface area contributed by atoms with E-state index in [1.165, 1.54) is 4.90 Å². The van der Waals surface area contributed by atoms with Crippen LogP contribution in [0.5, 0.6) is 0 Å². The molecule has 0 aromatic heterocycles. The van der Waals surface area contributed by atoms with Gasteiger partial charge in [0.2, 0.25) is 0 Å². The van der Waals surface area contributed by atoms with E-state index in [0.717, 1.165) is 16.8 Å². The lowest BCUT2D eigenvalue weighted by atomic mass is 10.4. The number of hydrogen-bond acceptors (Lipinski definition) is 3. The summed E-state index contributed by atoms with van der Waals surface area (Å²) in [7, 11) is 0. The highest BCUT2D eigenvalue weighted by atomic mass is 79.9. The first-order valence-electron chi connectivity index (χ1n) is 4.77. The SMILES string of the molecule is CCNC(C#N)CSc1ccc(Br)cc1. The Hall–Kier alpha value is -0.500. The molecule has 0 amide bonds. The Kier molecular flexibility index (Phi) is 5.77. The number of halogens is 1. The molecule has 1 rings (SSSR count).